The van der Waals surface area contributed by atoms with Gasteiger partial charge in [0, 0.05) is 18.7 Å². The Hall–Kier alpha value is -1.45. The third-order valence-electron chi connectivity index (χ3n) is 3.54. The molecule has 0 aliphatic carbocycles. The van der Waals surface area contributed by atoms with Crippen LogP contribution >= 0.6 is 0 Å². The SMILES string of the molecule is CCCC(OC)C(NC)c1ccc2ncccc2c1. The number of ether oxygens (including phenoxy) is 1. The average molecular weight is 258 g/mol. The minimum absolute atomic E-state index is 0.198. The number of rotatable bonds is 6. The lowest BCUT2D eigenvalue weighted by Gasteiger charge is -2.26. The fraction of sp³-hybridized carbons (Fsp3) is 0.438. The first-order chi connectivity index (χ1) is 9.30. The maximum Gasteiger partial charge on any atom is 0.0765 e. The fourth-order valence-corrected chi connectivity index (χ4v) is 2.56. The van der Waals surface area contributed by atoms with Crippen molar-refractivity contribution in [1.82, 2.24) is 10.3 Å². The zero-order chi connectivity index (χ0) is 13.7. The number of methoxy groups -OCH3 is 1. The van der Waals surface area contributed by atoms with Gasteiger partial charge in [-0.2, -0.15) is 0 Å². The Morgan fingerprint density at radius 1 is 1.32 bits per heavy atom. The van der Waals surface area contributed by atoms with E-state index >= 15 is 0 Å². The van der Waals surface area contributed by atoms with Crippen molar-refractivity contribution < 1.29 is 4.74 Å². The Morgan fingerprint density at radius 3 is 2.84 bits per heavy atom. The van der Waals surface area contributed by atoms with Crippen molar-refractivity contribution in [1.29, 1.82) is 0 Å². The summed E-state index contributed by atoms with van der Waals surface area (Å²) >= 11 is 0. The van der Waals surface area contributed by atoms with Crippen molar-refractivity contribution in [2.75, 3.05) is 14.2 Å². The van der Waals surface area contributed by atoms with E-state index in [0.29, 0.717) is 0 Å². The number of hydrogen-bond donors (Lipinski definition) is 1. The quantitative estimate of drug-likeness (QED) is 0.863. The molecule has 0 spiro atoms. The first-order valence-corrected chi connectivity index (χ1v) is 6.85. The molecule has 0 radical (unpaired) electrons. The van der Waals surface area contributed by atoms with Crippen LogP contribution in [0, 0.1) is 0 Å². The molecular formula is C16H22N2O. The van der Waals surface area contributed by atoms with E-state index in [9.17, 15) is 0 Å². The van der Waals surface area contributed by atoms with Crippen LogP contribution < -0.4 is 5.32 Å². The molecule has 1 aromatic heterocycles. The van der Waals surface area contributed by atoms with Gasteiger partial charge < -0.3 is 10.1 Å². The summed E-state index contributed by atoms with van der Waals surface area (Å²) in [7, 11) is 3.77. The summed E-state index contributed by atoms with van der Waals surface area (Å²) in [6.07, 6.45) is 4.19. The summed E-state index contributed by atoms with van der Waals surface area (Å²) in [6, 6.07) is 10.7. The van der Waals surface area contributed by atoms with Crippen LogP contribution in [0.2, 0.25) is 0 Å². The number of benzene rings is 1. The molecule has 0 amide bonds. The molecule has 2 rings (SSSR count). The largest absolute Gasteiger partial charge is 0.379 e. The lowest BCUT2D eigenvalue weighted by Crippen LogP contribution is -2.30. The molecule has 0 aliphatic rings. The number of fused-ring (bicyclic) bond motifs is 1. The molecule has 3 heteroatoms. The van der Waals surface area contributed by atoms with Gasteiger partial charge in [0.1, 0.15) is 0 Å². The highest BCUT2D eigenvalue weighted by atomic mass is 16.5. The third kappa shape index (κ3) is 3.11. The van der Waals surface area contributed by atoms with E-state index in [1.165, 1.54) is 10.9 Å². The molecule has 1 heterocycles. The second-order valence-corrected chi connectivity index (χ2v) is 4.78. The maximum atomic E-state index is 5.63. The topological polar surface area (TPSA) is 34.1 Å². The highest BCUT2D eigenvalue weighted by Crippen LogP contribution is 2.24. The second kappa shape index (κ2) is 6.64. The van der Waals surface area contributed by atoms with Gasteiger partial charge in [0.2, 0.25) is 0 Å². The lowest BCUT2D eigenvalue weighted by atomic mass is 9.97. The Morgan fingerprint density at radius 2 is 2.16 bits per heavy atom. The van der Waals surface area contributed by atoms with Crippen molar-refractivity contribution >= 4 is 10.9 Å². The Labute approximate surface area is 115 Å². The van der Waals surface area contributed by atoms with Crippen LogP contribution in [0.25, 0.3) is 10.9 Å². The normalized spacial score (nSPS) is 14.5. The monoisotopic (exact) mass is 258 g/mol. The molecule has 0 saturated heterocycles. The van der Waals surface area contributed by atoms with Gasteiger partial charge in [-0.05, 0) is 37.2 Å². The molecule has 0 fully saturated rings. The summed E-state index contributed by atoms with van der Waals surface area (Å²) in [5, 5.41) is 4.55. The summed E-state index contributed by atoms with van der Waals surface area (Å²) < 4.78 is 5.63. The van der Waals surface area contributed by atoms with Gasteiger partial charge in [0.25, 0.3) is 0 Å². The van der Waals surface area contributed by atoms with Crippen molar-refractivity contribution in [2.24, 2.45) is 0 Å². The molecule has 1 N–H and O–H groups in total. The Balaban J connectivity index is 2.34. The van der Waals surface area contributed by atoms with Gasteiger partial charge in [-0.15, -0.1) is 0 Å². The summed E-state index contributed by atoms with van der Waals surface area (Å²) in [5.41, 5.74) is 2.29. The minimum atomic E-state index is 0.198. The van der Waals surface area contributed by atoms with Gasteiger partial charge >= 0.3 is 0 Å². The molecule has 0 saturated carbocycles. The first kappa shape index (κ1) is 14.0. The Kier molecular flexibility index (Phi) is 4.88. The molecule has 3 nitrogen and oxygen atoms in total. The van der Waals surface area contributed by atoms with Gasteiger partial charge in [0.05, 0.1) is 17.7 Å². The number of pyridine rings is 1. The molecule has 0 bridgehead atoms. The van der Waals surface area contributed by atoms with E-state index in [4.69, 9.17) is 4.74 Å². The van der Waals surface area contributed by atoms with Gasteiger partial charge in [-0.25, -0.2) is 0 Å². The van der Waals surface area contributed by atoms with E-state index in [1.807, 2.05) is 19.3 Å². The summed E-state index contributed by atoms with van der Waals surface area (Å²) in [6.45, 7) is 2.18. The number of aromatic nitrogens is 1. The van der Waals surface area contributed by atoms with Gasteiger partial charge in [-0.3, -0.25) is 4.98 Å². The van der Waals surface area contributed by atoms with E-state index < -0.39 is 0 Å². The van der Waals surface area contributed by atoms with E-state index in [2.05, 4.69) is 41.5 Å². The van der Waals surface area contributed by atoms with Crippen LogP contribution in [0.5, 0.6) is 0 Å². The third-order valence-corrected chi connectivity index (χ3v) is 3.54. The predicted molar refractivity (Wildman–Crippen MR) is 79.2 cm³/mol. The molecular weight excluding hydrogens is 236 g/mol. The zero-order valence-corrected chi connectivity index (χ0v) is 11.9. The average Bonchev–Trinajstić information content (AvgIpc) is 2.47. The zero-order valence-electron chi connectivity index (χ0n) is 11.9. The van der Waals surface area contributed by atoms with Crippen molar-refractivity contribution in [3.63, 3.8) is 0 Å². The minimum Gasteiger partial charge on any atom is -0.379 e. The van der Waals surface area contributed by atoms with Crippen LogP contribution in [0.15, 0.2) is 36.5 Å². The van der Waals surface area contributed by atoms with E-state index in [-0.39, 0.29) is 12.1 Å². The molecule has 1 aromatic carbocycles. The van der Waals surface area contributed by atoms with Crippen molar-refractivity contribution in [3.05, 3.63) is 42.1 Å². The van der Waals surface area contributed by atoms with Crippen LogP contribution in [0.3, 0.4) is 0 Å². The standard InChI is InChI=1S/C16H22N2O/c1-4-6-15(19-3)16(17-2)13-8-9-14-12(11-13)7-5-10-18-14/h5,7-11,15-17H,4,6H2,1-3H3. The predicted octanol–water partition coefficient (Wildman–Crippen LogP) is 3.31. The van der Waals surface area contributed by atoms with E-state index in [1.54, 1.807) is 7.11 Å². The fourth-order valence-electron chi connectivity index (χ4n) is 2.56. The molecule has 2 unspecified atom stereocenters. The highest BCUT2D eigenvalue weighted by molar-refractivity contribution is 5.79. The number of nitrogens with one attached hydrogen (secondary N) is 1. The first-order valence-electron chi connectivity index (χ1n) is 6.85. The number of nitrogens with zero attached hydrogens (tertiary/aromatic N) is 1. The number of hydrogen-bond acceptors (Lipinski definition) is 3. The van der Waals surface area contributed by atoms with Crippen LogP contribution in [-0.2, 0) is 4.74 Å². The van der Waals surface area contributed by atoms with Crippen LogP contribution in [-0.4, -0.2) is 25.2 Å². The molecule has 2 aromatic rings. The van der Waals surface area contributed by atoms with Gasteiger partial charge in [0.15, 0.2) is 0 Å². The molecule has 102 valence electrons. The van der Waals surface area contributed by atoms with Crippen LogP contribution in [0.4, 0.5) is 0 Å². The number of likely N-dealkylation sites (N-methyl/N-ethyl adjacent to an activating group) is 1. The van der Waals surface area contributed by atoms with Crippen LogP contribution in [0.1, 0.15) is 31.4 Å². The lowest BCUT2D eigenvalue weighted by molar-refractivity contribution is 0.0631. The second-order valence-electron chi connectivity index (χ2n) is 4.78. The Bertz CT molecular complexity index is 527. The molecule has 0 aliphatic heterocycles. The van der Waals surface area contributed by atoms with E-state index in [0.717, 1.165) is 18.4 Å². The van der Waals surface area contributed by atoms with Gasteiger partial charge in [-0.1, -0.05) is 25.5 Å². The summed E-state index contributed by atoms with van der Waals surface area (Å²) in [4.78, 5) is 4.36. The maximum absolute atomic E-state index is 5.63. The highest BCUT2D eigenvalue weighted by Gasteiger charge is 2.20. The molecule has 19 heavy (non-hydrogen) atoms. The smallest absolute Gasteiger partial charge is 0.0765 e. The van der Waals surface area contributed by atoms with Crippen molar-refractivity contribution in [2.45, 2.75) is 31.9 Å². The summed E-state index contributed by atoms with van der Waals surface area (Å²) in [5.74, 6) is 0. The van der Waals surface area contributed by atoms with Crippen molar-refractivity contribution in [3.8, 4) is 0 Å². The molecule has 2 atom stereocenters.